The average Bonchev–Trinajstić information content (AvgIpc) is 3.10. The molecule has 0 unspecified atom stereocenters. The lowest BCUT2D eigenvalue weighted by Gasteiger charge is -2.04. The van der Waals surface area contributed by atoms with Gasteiger partial charge in [-0.2, -0.15) is 0 Å². The third-order valence-corrected chi connectivity index (χ3v) is 3.74. The number of hydrogen-bond acceptors (Lipinski definition) is 4. The van der Waals surface area contributed by atoms with Crippen LogP contribution in [0.5, 0.6) is 0 Å². The van der Waals surface area contributed by atoms with Crippen molar-refractivity contribution in [2.24, 2.45) is 5.73 Å². The normalized spacial score (nSPS) is 14.7. The van der Waals surface area contributed by atoms with E-state index in [1.165, 1.54) is 0 Å². The number of H-pyrrole nitrogens is 1. The molecule has 0 bridgehead atoms. The molecule has 1 aliphatic rings. The lowest BCUT2D eigenvalue weighted by atomic mass is 10.1. The number of rotatable bonds is 2. The van der Waals surface area contributed by atoms with Gasteiger partial charge in [0.15, 0.2) is 0 Å². The van der Waals surface area contributed by atoms with E-state index in [2.05, 4.69) is 25.6 Å². The molecular formula is C16H12N6O2. The van der Waals surface area contributed by atoms with E-state index >= 15 is 0 Å². The van der Waals surface area contributed by atoms with Crippen molar-refractivity contribution in [1.29, 1.82) is 0 Å². The van der Waals surface area contributed by atoms with Gasteiger partial charge in [-0.25, -0.2) is 14.8 Å². The fraction of sp³-hybridized carbons (Fsp3) is 0. The van der Waals surface area contributed by atoms with Crippen molar-refractivity contribution < 1.29 is 9.59 Å². The molecule has 24 heavy (non-hydrogen) atoms. The molecule has 0 saturated carbocycles. The fourth-order valence-corrected chi connectivity index (χ4v) is 2.75. The predicted octanol–water partition coefficient (Wildman–Crippen LogP) is 1.94. The number of pyridine rings is 2. The van der Waals surface area contributed by atoms with Crippen molar-refractivity contribution in [1.82, 2.24) is 15.0 Å². The molecule has 1 aliphatic heterocycles. The number of carbonyl (C=O) groups is 2. The fourth-order valence-electron chi connectivity index (χ4n) is 2.75. The summed E-state index contributed by atoms with van der Waals surface area (Å²) in [6.07, 6.45) is 6.63. The Morgan fingerprint density at radius 2 is 2.12 bits per heavy atom. The second-order valence-corrected chi connectivity index (χ2v) is 5.23. The largest absolute Gasteiger partial charge is 0.351 e. The van der Waals surface area contributed by atoms with E-state index in [0.29, 0.717) is 33.7 Å². The first-order valence-electron chi connectivity index (χ1n) is 7.14. The van der Waals surface area contributed by atoms with Crippen LogP contribution in [-0.2, 0) is 4.79 Å². The van der Waals surface area contributed by atoms with Gasteiger partial charge in [0.05, 0.1) is 11.3 Å². The first-order valence-corrected chi connectivity index (χ1v) is 7.14. The molecule has 8 nitrogen and oxygen atoms in total. The lowest BCUT2D eigenvalue weighted by Crippen LogP contribution is -2.19. The Kier molecular flexibility index (Phi) is 3.02. The highest BCUT2D eigenvalue weighted by molar-refractivity contribution is 6.35. The number of anilines is 2. The number of primary amides is 1. The van der Waals surface area contributed by atoms with Gasteiger partial charge in [-0.05, 0) is 24.3 Å². The highest BCUT2D eigenvalue weighted by Crippen LogP contribution is 2.33. The highest BCUT2D eigenvalue weighted by Gasteiger charge is 2.25. The molecule has 0 saturated heterocycles. The van der Waals surface area contributed by atoms with Crippen LogP contribution < -0.4 is 16.4 Å². The molecule has 3 amide bonds. The molecule has 4 heterocycles. The van der Waals surface area contributed by atoms with Crippen molar-refractivity contribution in [3.63, 3.8) is 0 Å². The first-order chi connectivity index (χ1) is 11.6. The first kappa shape index (κ1) is 13.9. The molecule has 0 aliphatic carbocycles. The number of hydrogen-bond donors (Lipinski definition) is 4. The molecule has 118 valence electrons. The Labute approximate surface area is 135 Å². The SMILES string of the molecule is NC(=O)Nc1ccnc2[nH]cc(C=C3C(=O)Nc4ncccc43)c12. The summed E-state index contributed by atoms with van der Waals surface area (Å²) in [4.78, 5) is 34.8. The van der Waals surface area contributed by atoms with E-state index < -0.39 is 6.03 Å². The number of aromatic amines is 1. The summed E-state index contributed by atoms with van der Waals surface area (Å²) in [6, 6.07) is 4.56. The van der Waals surface area contributed by atoms with Crippen molar-refractivity contribution in [3.05, 3.63) is 47.9 Å². The van der Waals surface area contributed by atoms with Gasteiger partial charge < -0.3 is 21.4 Å². The quantitative estimate of drug-likeness (QED) is 0.538. The smallest absolute Gasteiger partial charge is 0.316 e. The van der Waals surface area contributed by atoms with Crippen LogP contribution >= 0.6 is 0 Å². The lowest BCUT2D eigenvalue weighted by molar-refractivity contribution is -0.110. The predicted molar refractivity (Wildman–Crippen MR) is 90.0 cm³/mol. The molecule has 0 atom stereocenters. The van der Waals surface area contributed by atoms with Crippen LogP contribution in [0.25, 0.3) is 22.7 Å². The van der Waals surface area contributed by atoms with Gasteiger partial charge in [0.2, 0.25) is 0 Å². The van der Waals surface area contributed by atoms with E-state index in [9.17, 15) is 9.59 Å². The maximum atomic E-state index is 12.2. The summed E-state index contributed by atoms with van der Waals surface area (Å²) >= 11 is 0. The monoisotopic (exact) mass is 320 g/mol. The summed E-state index contributed by atoms with van der Waals surface area (Å²) in [7, 11) is 0. The zero-order valence-electron chi connectivity index (χ0n) is 12.3. The number of nitrogens with two attached hydrogens (primary N) is 1. The van der Waals surface area contributed by atoms with Gasteiger partial charge in [0, 0.05) is 35.1 Å². The number of nitrogens with zero attached hydrogens (tertiary/aromatic N) is 2. The van der Waals surface area contributed by atoms with E-state index in [1.54, 1.807) is 36.8 Å². The molecule has 0 spiro atoms. The second kappa shape index (κ2) is 5.20. The Bertz CT molecular complexity index is 1020. The van der Waals surface area contributed by atoms with Crippen LogP contribution in [0.3, 0.4) is 0 Å². The maximum absolute atomic E-state index is 12.2. The second-order valence-electron chi connectivity index (χ2n) is 5.23. The molecular weight excluding hydrogens is 308 g/mol. The summed E-state index contributed by atoms with van der Waals surface area (Å²) in [5, 5.41) is 5.96. The number of amides is 3. The minimum Gasteiger partial charge on any atom is -0.351 e. The molecule has 8 heteroatoms. The van der Waals surface area contributed by atoms with Crippen LogP contribution in [0, 0.1) is 0 Å². The van der Waals surface area contributed by atoms with Gasteiger partial charge in [0.25, 0.3) is 5.91 Å². The topological polar surface area (TPSA) is 126 Å². The third kappa shape index (κ3) is 2.17. The average molecular weight is 320 g/mol. The number of urea groups is 1. The number of carbonyl (C=O) groups excluding carboxylic acids is 2. The summed E-state index contributed by atoms with van der Waals surface area (Å²) in [6.45, 7) is 0. The molecule has 0 aromatic carbocycles. The van der Waals surface area contributed by atoms with Gasteiger partial charge in [-0.1, -0.05) is 0 Å². The third-order valence-electron chi connectivity index (χ3n) is 3.74. The molecule has 3 aromatic rings. The standard InChI is InChI=1S/C16H12N6O2/c17-16(24)21-11-3-5-19-14-12(11)8(7-20-14)6-10-9-2-1-4-18-13(9)22-15(10)23/h1-7H,(H,18,22,23)(H4,17,19,20,21,24). The van der Waals surface area contributed by atoms with Crippen LogP contribution in [-0.4, -0.2) is 26.9 Å². The molecule has 4 rings (SSSR count). The van der Waals surface area contributed by atoms with Crippen LogP contribution in [0.2, 0.25) is 0 Å². The van der Waals surface area contributed by atoms with Crippen LogP contribution in [0.4, 0.5) is 16.3 Å². The molecule has 0 radical (unpaired) electrons. The summed E-state index contributed by atoms with van der Waals surface area (Å²) in [5.74, 6) is 0.300. The van der Waals surface area contributed by atoms with E-state index in [4.69, 9.17) is 5.73 Å². The number of fused-ring (bicyclic) bond motifs is 2. The van der Waals surface area contributed by atoms with Crippen LogP contribution in [0.15, 0.2) is 36.8 Å². The van der Waals surface area contributed by atoms with Gasteiger partial charge >= 0.3 is 6.03 Å². The van der Waals surface area contributed by atoms with Gasteiger partial charge in [-0.3, -0.25) is 4.79 Å². The number of nitrogens with one attached hydrogen (secondary N) is 3. The summed E-state index contributed by atoms with van der Waals surface area (Å²) in [5.41, 5.74) is 8.25. The minimum atomic E-state index is -0.671. The molecule has 0 fully saturated rings. The minimum absolute atomic E-state index is 0.230. The van der Waals surface area contributed by atoms with Gasteiger partial charge in [0.1, 0.15) is 11.5 Å². The van der Waals surface area contributed by atoms with E-state index in [0.717, 1.165) is 5.56 Å². The van der Waals surface area contributed by atoms with Crippen molar-refractivity contribution in [2.75, 3.05) is 10.6 Å². The van der Waals surface area contributed by atoms with Crippen molar-refractivity contribution >= 4 is 46.1 Å². The van der Waals surface area contributed by atoms with Crippen molar-refractivity contribution in [2.45, 2.75) is 0 Å². The Morgan fingerprint density at radius 3 is 2.96 bits per heavy atom. The number of aromatic nitrogens is 3. The molecule has 3 aromatic heterocycles. The Morgan fingerprint density at radius 1 is 1.25 bits per heavy atom. The van der Waals surface area contributed by atoms with Gasteiger partial charge in [-0.15, -0.1) is 0 Å². The van der Waals surface area contributed by atoms with Crippen molar-refractivity contribution in [3.8, 4) is 0 Å². The highest BCUT2D eigenvalue weighted by atomic mass is 16.2. The maximum Gasteiger partial charge on any atom is 0.316 e. The Hall–Kier alpha value is -3.68. The van der Waals surface area contributed by atoms with E-state index in [-0.39, 0.29) is 5.91 Å². The zero-order valence-corrected chi connectivity index (χ0v) is 12.3. The molecule has 5 N–H and O–H groups in total. The Balaban J connectivity index is 1.89. The van der Waals surface area contributed by atoms with Crippen LogP contribution in [0.1, 0.15) is 11.1 Å². The zero-order chi connectivity index (χ0) is 16.7. The van der Waals surface area contributed by atoms with E-state index in [1.807, 2.05) is 6.07 Å². The summed E-state index contributed by atoms with van der Waals surface area (Å²) < 4.78 is 0.